The van der Waals surface area contributed by atoms with E-state index in [-0.39, 0.29) is 25.4 Å². The van der Waals surface area contributed by atoms with Crippen LogP contribution in [0.4, 0.5) is 0 Å². The van der Waals surface area contributed by atoms with Crippen LogP contribution in [0.25, 0.3) is 10.8 Å². The molecule has 2 rings (SSSR count). The second-order valence-corrected chi connectivity index (χ2v) is 5.80. The Morgan fingerprint density at radius 3 is 2.52 bits per heavy atom. The van der Waals surface area contributed by atoms with Crippen molar-refractivity contribution in [2.75, 3.05) is 19.6 Å². The fourth-order valence-electron chi connectivity index (χ4n) is 2.69. The van der Waals surface area contributed by atoms with Gasteiger partial charge in [-0.05, 0) is 22.8 Å². The first-order valence-corrected chi connectivity index (χ1v) is 8.24. The minimum absolute atomic E-state index is 0.168. The van der Waals surface area contributed by atoms with E-state index in [4.69, 9.17) is 5.11 Å². The summed E-state index contributed by atoms with van der Waals surface area (Å²) < 4.78 is 0. The van der Waals surface area contributed by atoms with Crippen molar-refractivity contribution in [1.82, 2.24) is 10.2 Å². The zero-order valence-electron chi connectivity index (χ0n) is 14.2. The van der Waals surface area contributed by atoms with Crippen LogP contribution in [0.15, 0.2) is 42.5 Å². The molecular weight excluding hydrogens is 320 g/mol. The van der Waals surface area contributed by atoms with E-state index in [9.17, 15) is 14.4 Å². The lowest BCUT2D eigenvalue weighted by Gasteiger charge is -2.20. The number of fused-ring (bicyclic) bond motifs is 1. The second-order valence-electron chi connectivity index (χ2n) is 5.80. The summed E-state index contributed by atoms with van der Waals surface area (Å²) in [6.45, 7) is 1.66. The molecule has 0 fully saturated rings. The third kappa shape index (κ3) is 5.31. The number of amides is 2. The summed E-state index contributed by atoms with van der Waals surface area (Å²) in [6.07, 6.45) is 0.824. The molecule has 2 aromatic rings. The quantitative estimate of drug-likeness (QED) is 0.766. The van der Waals surface area contributed by atoms with Crippen LogP contribution in [0, 0.1) is 0 Å². The van der Waals surface area contributed by atoms with Crippen LogP contribution in [0.1, 0.15) is 18.9 Å². The number of carbonyl (C=O) groups excluding carboxylic acids is 2. The second kappa shape index (κ2) is 8.82. The van der Waals surface area contributed by atoms with Gasteiger partial charge >= 0.3 is 5.97 Å². The molecule has 0 radical (unpaired) electrons. The molecule has 2 amide bonds. The van der Waals surface area contributed by atoms with Crippen molar-refractivity contribution < 1.29 is 19.5 Å². The highest BCUT2D eigenvalue weighted by Gasteiger charge is 2.16. The van der Waals surface area contributed by atoms with Gasteiger partial charge in [-0.25, -0.2) is 0 Å². The van der Waals surface area contributed by atoms with Crippen LogP contribution in [0.2, 0.25) is 0 Å². The molecule has 25 heavy (non-hydrogen) atoms. The van der Waals surface area contributed by atoms with Gasteiger partial charge in [0, 0.05) is 6.54 Å². The zero-order chi connectivity index (χ0) is 18.2. The highest BCUT2D eigenvalue weighted by molar-refractivity contribution is 5.92. The summed E-state index contributed by atoms with van der Waals surface area (Å²) in [5.74, 6) is -1.73. The number of aliphatic carboxylic acids is 1. The maximum atomic E-state index is 12.2. The third-order valence-corrected chi connectivity index (χ3v) is 3.84. The van der Waals surface area contributed by atoms with Gasteiger partial charge in [0.05, 0.1) is 13.0 Å². The number of benzene rings is 2. The number of carboxylic acids is 1. The largest absolute Gasteiger partial charge is 0.480 e. The average Bonchev–Trinajstić information content (AvgIpc) is 2.59. The third-order valence-electron chi connectivity index (χ3n) is 3.84. The summed E-state index contributed by atoms with van der Waals surface area (Å²) in [5, 5.41) is 13.5. The molecule has 6 nitrogen and oxygen atoms in total. The normalized spacial score (nSPS) is 10.4. The minimum Gasteiger partial charge on any atom is -0.480 e. The number of carbonyl (C=O) groups is 3. The zero-order valence-corrected chi connectivity index (χ0v) is 14.2. The van der Waals surface area contributed by atoms with Gasteiger partial charge in [0.15, 0.2) is 0 Å². The first-order valence-electron chi connectivity index (χ1n) is 8.24. The fraction of sp³-hybridized carbons (Fsp3) is 0.316. The Bertz CT molecular complexity index is 768. The Labute approximate surface area is 146 Å². The Balaban J connectivity index is 1.95. The molecule has 0 aliphatic heterocycles. The monoisotopic (exact) mass is 342 g/mol. The van der Waals surface area contributed by atoms with Gasteiger partial charge < -0.3 is 15.3 Å². The fourth-order valence-corrected chi connectivity index (χ4v) is 2.69. The van der Waals surface area contributed by atoms with Crippen LogP contribution in [0.5, 0.6) is 0 Å². The molecule has 2 N–H and O–H groups in total. The highest BCUT2D eigenvalue weighted by atomic mass is 16.4. The van der Waals surface area contributed by atoms with Crippen molar-refractivity contribution >= 4 is 28.6 Å². The van der Waals surface area contributed by atoms with Crippen LogP contribution >= 0.6 is 0 Å². The predicted octanol–water partition coefficient (Wildman–Crippen LogP) is 1.82. The molecule has 0 atom stereocenters. The molecule has 0 heterocycles. The van der Waals surface area contributed by atoms with Crippen molar-refractivity contribution in [3.05, 3.63) is 48.0 Å². The minimum atomic E-state index is -1.07. The molecule has 0 saturated heterocycles. The lowest BCUT2D eigenvalue weighted by molar-refractivity contribution is -0.144. The van der Waals surface area contributed by atoms with Gasteiger partial charge in [0.1, 0.15) is 6.54 Å². The van der Waals surface area contributed by atoms with Gasteiger partial charge in [-0.1, -0.05) is 49.4 Å². The molecule has 0 bridgehead atoms. The van der Waals surface area contributed by atoms with Gasteiger partial charge in [0.25, 0.3) is 0 Å². The topological polar surface area (TPSA) is 86.7 Å². The summed E-state index contributed by atoms with van der Waals surface area (Å²) in [7, 11) is 0. The van der Waals surface area contributed by atoms with Crippen LogP contribution in [-0.2, 0) is 20.8 Å². The number of rotatable bonds is 8. The molecule has 132 valence electrons. The average molecular weight is 342 g/mol. The molecule has 0 saturated carbocycles. The Morgan fingerprint density at radius 1 is 1.08 bits per heavy atom. The number of carboxylic acid groups (broad SMARTS) is 1. The van der Waals surface area contributed by atoms with E-state index in [1.165, 1.54) is 4.90 Å². The maximum Gasteiger partial charge on any atom is 0.323 e. The van der Waals surface area contributed by atoms with Gasteiger partial charge in [-0.3, -0.25) is 14.4 Å². The number of hydrogen-bond donors (Lipinski definition) is 2. The van der Waals surface area contributed by atoms with Crippen molar-refractivity contribution in [3.63, 3.8) is 0 Å². The van der Waals surface area contributed by atoms with Crippen LogP contribution < -0.4 is 5.32 Å². The van der Waals surface area contributed by atoms with E-state index in [0.29, 0.717) is 13.0 Å². The van der Waals surface area contributed by atoms with E-state index in [0.717, 1.165) is 16.3 Å². The molecule has 0 spiro atoms. The highest BCUT2D eigenvalue weighted by Crippen LogP contribution is 2.18. The molecule has 0 unspecified atom stereocenters. The van der Waals surface area contributed by atoms with E-state index in [2.05, 4.69) is 5.32 Å². The molecule has 0 aliphatic carbocycles. The van der Waals surface area contributed by atoms with Gasteiger partial charge in [0.2, 0.25) is 11.8 Å². The van der Waals surface area contributed by atoms with Crippen molar-refractivity contribution in [1.29, 1.82) is 0 Å². The summed E-state index contributed by atoms with van der Waals surface area (Å²) in [6, 6.07) is 13.6. The van der Waals surface area contributed by atoms with Gasteiger partial charge in [-0.15, -0.1) is 0 Å². The Morgan fingerprint density at radius 2 is 1.80 bits per heavy atom. The Kier molecular flexibility index (Phi) is 6.51. The van der Waals surface area contributed by atoms with E-state index >= 15 is 0 Å². The van der Waals surface area contributed by atoms with Gasteiger partial charge in [-0.2, -0.15) is 0 Å². The van der Waals surface area contributed by atoms with E-state index < -0.39 is 11.9 Å². The first kappa shape index (κ1) is 18.4. The smallest absolute Gasteiger partial charge is 0.323 e. The summed E-state index contributed by atoms with van der Waals surface area (Å²) in [5.41, 5.74) is 0.888. The SMILES string of the molecule is CCCN(CC(=O)O)C(=O)CNC(=O)Cc1cccc2ccccc12. The predicted molar refractivity (Wildman–Crippen MR) is 95.2 cm³/mol. The maximum absolute atomic E-state index is 12.2. The molecule has 2 aromatic carbocycles. The molecular formula is C19H22N2O4. The van der Waals surface area contributed by atoms with E-state index in [1.807, 2.05) is 49.4 Å². The van der Waals surface area contributed by atoms with Crippen LogP contribution in [-0.4, -0.2) is 47.4 Å². The lowest BCUT2D eigenvalue weighted by atomic mass is 10.0. The van der Waals surface area contributed by atoms with Crippen LogP contribution in [0.3, 0.4) is 0 Å². The lowest BCUT2D eigenvalue weighted by Crippen LogP contribution is -2.43. The van der Waals surface area contributed by atoms with Crippen molar-refractivity contribution in [3.8, 4) is 0 Å². The van der Waals surface area contributed by atoms with E-state index in [1.54, 1.807) is 0 Å². The molecule has 0 aliphatic rings. The standard InChI is InChI=1S/C19H22N2O4/c1-2-10-21(13-19(24)25)18(23)12-20-17(22)11-15-8-5-7-14-6-3-4-9-16(14)15/h3-9H,2,10-13H2,1H3,(H,20,22)(H,24,25). The van der Waals surface area contributed by atoms with Crippen molar-refractivity contribution in [2.45, 2.75) is 19.8 Å². The number of nitrogens with zero attached hydrogens (tertiary/aromatic N) is 1. The summed E-state index contributed by atoms with van der Waals surface area (Å²) >= 11 is 0. The molecule has 6 heteroatoms. The number of hydrogen-bond acceptors (Lipinski definition) is 3. The van der Waals surface area contributed by atoms with Crippen molar-refractivity contribution in [2.24, 2.45) is 0 Å². The Hall–Kier alpha value is -2.89. The summed E-state index contributed by atoms with van der Waals surface area (Å²) in [4.78, 5) is 36.3. The first-order chi connectivity index (χ1) is 12.0. The number of nitrogens with one attached hydrogen (secondary N) is 1. The molecule has 0 aromatic heterocycles.